The highest BCUT2D eigenvalue weighted by Gasteiger charge is 2.35. The molecule has 1 aromatic heterocycles. The second-order valence-electron chi connectivity index (χ2n) is 7.72. The number of hydrogen-bond donors (Lipinski definition) is 0. The smallest absolute Gasteiger partial charge is 0.270 e. The topological polar surface area (TPSA) is 77.1 Å². The van der Waals surface area contributed by atoms with Gasteiger partial charge in [-0.25, -0.2) is 9.67 Å². The van der Waals surface area contributed by atoms with Gasteiger partial charge in [-0.2, -0.15) is 0 Å². The molecule has 2 saturated carbocycles. The molecule has 0 bridgehead atoms. The molecular weight excluding hydrogens is 330 g/mol. The monoisotopic (exact) mass is 355 g/mol. The van der Waals surface area contributed by atoms with Crippen LogP contribution in [0.15, 0.2) is 30.6 Å². The first kappa shape index (κ1) is 17.1. The second-order valence-corrected chi connectivity index (χ2v) is 7.72. The Balaban J connectivity index is 1.48. The van der Waals surface area contributed by atoms with E-state index in [0.717, 1.165) is 12.6 Å². The van der Waals surface area contributed by atoms with E-state index in [4.69, 9.17) is 0 Å². The molecule has 7 heteroatoms. The lowest BCUT2D eigenvalue weighted by Crippen LogP contribution is -2.40. The second kappa shape index (κ2) is 7.15. The normalized spacial score (nSPS) is 23.3. The molecule has 0 N–H and O–H groups in total. The molecule has 0 atom stereocenters. The molecule has 4 rings (SSSR count). The summed E-state index contributed by atoms with van der Waals surface area (Å²) in [6.45, 7) is 3.10. The van der Waals surface area contributed by atoms with E-state index >= 15 is 0 Å². The number of nitrogens with zero attached hydrogens (tertiary/aromatic N) is 5. The zero-order valence-corrected chi connectivity index (χ0v) is 15.1. The van der Waals surface area contributed by atoms with Gasteiger partial charge in [0.15, 0.2) is 5.82 Å². The van der Waals surface area contributed by atoms with E-state index in [1.54, 1.807) is 12.4 Å². The Labute approximate surface area is 153 Å². The Bertz CT molecular complexity index is 778. The number of aromatic nitrogens is 3. The van der Waals surface area contributed by atoms with Gasteiger partial charge >= 0.3 is 0 Å². The maximum absolute atomic E-state index is 11.0. The third-order valence-corrected chi connectivity index (χ3v) is 5.63. The van der Waals surface area contributed by atoms with Gasteiger partial charge in [0.1, 0.15) is 6.33 Å². The van der Waals surface area contributed by atoms with Crippen molar-refractivity contribution >= 4 is 5.69 Å². The average molecular weight is 355 g/mol. The van der Waals surface area contributed by atoms with Crippen molar-refractivity contribution < 1.29 is 4.92 Å². The first-order valence-corrected chi connectivity index (χ1v) is 9.50. The lowest BCUT2D eigenvalue weighted by molar-refractivity contribution is -0.384. The third-order valence-electron chi connectivity index (χ3n) is 5.63. The molecule has 2 aromatic rings. The van der Waals surface area contributed by atoms with Crippen LogP contribution >= 0.6 is 0 Å². The Kier molecular flexibility index (Phi) is 4.72. The van der Waals surface area contributed by atoms with Gasteiger partial charge in [-0.3, -0.25) is 15.0 Å². The Morgan fingerprint density at radius 3 is 2.54 bits per heavy atom. The summed E-state index contributed by atoms with van der Waals surface area (Å²) in [5.74, 6) is 1.39. The lowest BCUT2D eigenvalue weighted by Gasteiger charge is -2.36. The van der Waals surface area contributed by atoms with Crippen molar-refractivity contribution in [1.29, 1.82) is 0 Å². The predicted molar refractivity (Wildman–Crippen MR) is 98.4 cm³/mol. The van der Waals surface area contributed by atoms with E-state index < -0.39 is 0 Å². The van der Waals surface area contributed by atoms with Crippen molar-refractivity contribution in [3.63, 3.8) is 0 Å². The van der Waals surface area contributed by atoms with Crippen LogP contribution < -0.4 is 0 Å². The third kappa shape index (κ3) is 3.77. The molecule has 0 aliphatic heterocycles. The van der Waals surface area contributed by atoms with Gasteiger partial charge in [-0.1, -0.05) is 19.1 Å². The molecule has 1 heterocycles. The SMILES string of the molecule is CC1CCC(N(Cn2cnc(-c3cccc([N+](=O)[O-])c3)n2)C2CC2)CC1. The van der Waals surface area contributed by atoms with Crippen molar-refractivity contribution in [3.8, 4) is 11.4 Å². The van der Waals surface area contributed by atoms with E-state index in [9.17, 15) is 10.1 Å². The van der Waals surface area contributed by atoms with Gasteiger partial charge in [-0.05, 0) is 44.4 Å². The first-order chi connectivity index (χ1) is 12.6. The van der Waals surface area contributed by atoms with Crippen molar-refractivity contribution in [3.05, 3.63) is 40.7 Å². The number of nitro groups is 1. The van der Waals surface area contributed by atoms with Crippen LogP contribution in [0, 0.1) is 16.0 Å². The van der Waals surface area contributed by atoms with E-state index in [1.165, 1.54) is 50.7 Å². The minimum atomic E-state index is -0.389. The van der Waals surface area contributed by atoms with Crippen LogP contribution in [0.3, 0.4) is 0 Å². The molecule has 0 unspecified atom stereocenters. The maximum atomic E-state index is 11.0. The zero-order chi connectivity index (χ0) is 18.1. The lowest BCUT2D eigenvalue weighted by atomic mass is 9.86. The van der Waals surface area contributed by atoms with Gasteiger partial charge in [0.25, 0.3) is 5.69 Å². The fourth-order valence-corrected chi connectivity index (χ4v) is 3.93. The molecule has 0 radical (unpaired) electrons. The molecular formula is C19H25N5O2. The van der Waals surface area contributed by atoms with Gasteiger partial charge < -0.3 is 0 Å². The number of nitro benzene ring substituents is 1. The highest BCUT2D eigenvalue weighted by Crippen LogP contribution is 2.35. The minimum Gasteiger partial charge on any atom is -0.278 e. The molecule has 0 saturated heterocycles. The van der Waals surface area contributed by atoms with Crippen molar-refractivity contribution in [2.75, 3.05) is 0 Å². The Morgan fingerprint density at radius 2 is 1.88 bits per heavy atom. The minimum absolute atomic E-state index is 0.0646. The summed E-state index contributed by atoms with van der Waals surface area (Å²) in [4.78, 5) is 17.6. The number of non-ortho nitro benzene ring substituents is 1. The van der Waals surface area contributed by atoms with Gasteiger partial charge in [-0.15, -0.1) is 5.10 Å². The summed E-state index contributed by atoms with van der Waals surface area (Å²) in [6, 6.07) is 7.82. The van der Waals surface area contributed by atoms with E-state index in [1.807, 2.05) is 10.7 Å². The molecule has 0 amide bonds. The maximum Gasteiger partial charge on any atom is 0.270 e. The summed E-state index contributed by atoms with van der Waals surface area (Å²) in [5, 5.41) is 15.6. The first-order valence-electron chi connectivity index (χ1n) is 9.50. The molecule has 26 heavy (non-hydrogen) atoms. The van der Waals surface area contributed by atoms with Crippen LogP contribution in [0.5, 0.6) is 0 Å². The Morgan fingerprint density at radius 1 is 1.19 bits per heavy atom. The molecule has 2 aliphatic rings. The standard InChI is InChI=1S/C19H25N5O2/c1-14-5-7-16(8-6-14)23(17-9-10-17)13-22-12-20-19(21-22)15-3-2-4-18(11-15)24(25)26/h2-4,11-12,14,16-17H,5-10,13H2,1H3. The highest BCUT2D eigenvalue weighted by atomic mass is 16.6. The molecule has 2 fully saturated rings. The summed E-state index contributed by atoms with van der Waals surface area (Å²) >= 11 is 0. The van der Waals surface area contributed by atoms with Crippen molar-refractivity contribution in [2.24, 2.45) is 5.92 Å². The molecule has 0 spiro atoms. The summed E-state index contributed by atoms with van der Waals surface area (Å²) in [7, 11) is 0. The predicted octanol–water partition coefficient (Wildman–Crippen LogP) is 3.85. The molecule has 7 nitrogen and oxygen atoms in total. The fourth-order valence-electron chi connectivity index (χ4n) is 3.93. The zero-order valence-electron chi connectivity index (χ0n) is 15.1. The number of hydrogen-bond acceptors (Lipinski definition) is 5. The van der Waals surface area contributed by atoms with E-state index in [0.29, 0.717) is 23.5 Å². The molecule has 1 aromatic carbocycles. The number of benzene rings is 1. The van der Waals surface area contributed by atoms with Crippen LogP contribution in [0.1, 0.15) is 45.4 Å². The molecule has 138 valence electrons. The van der Waals surface area contributed by atoms with Crippen molar-refractivity contribution in [1.82, 2.24) is 19.7 Å². The fraction of sp³-hybridized carbons (Fsp3) is 0.579. The van der Waals surface area contributed by atoms with Gasteiger partial charge in [0, 0.05) is 29.8 Å². The van der Waals surface area contributed by atoms with Crippen LogP contribution in [0.2, 0.25) is 0 Å². The van der Waals surface area contributed by atoms with Crippen LogP contribution in [-0.2, 0) is 6.67 Å². The summed E-state index contributed by atoms with van der Waals surface area (Å²) in [5.41, 5.74) is 0.747. The van der Waals surface area contributed by atoms with E-state index in [2.05, 4.69) is 21.9 Å². The van der Waals surface area contributed by atoms with Gasteiger partial charge in [0.05, 0.1) is 11.6 Å². The van der Waals surface area contributed by atoms with Crippen LogP contribution in [0.4, 0.5) is 5.69 Å². The highest BCUT2D eigenvalue weighted by molar-refractivity contribution is 5.58. The van der Waals surface area contributed by atoms with E-state index in [-0.39, 0.29) is 10.6 Å². The largest absolute Gasteiger partial charge is 0.278 e. The Hall–Kier alpha value is -2.28. The summed E-state index contributed by atoms with van der Waals surface area (Å²) in [6.07, 6.45) is 9.45. The van der Waals surface area contributed by atoms with Crippen LogP contribution in [0.25, 0.3) is 11.4 Å². The van der Waals surface area contributed by atoms with Crippen molar-refractivity contribution in [2.45, 2.75) is 64.2 Å². The number of rotatable bonds is 6. The molecule has 2 aliphatic carbocycles. The van der Waals surface area contributed by atoms with Crippen LogP contribution in [-0.4, -0.2) is 36.7 Å². The van der Waals surface area contributed by atoms with Gasteiger partial charge in [0.2, 0.25) is 0 Å². The quantitative estimate of drug-likeness (QED) is 0.581. The average Bonchev–Trinajstić information content (AvgIpc) is 3.38. The summed E-state index contributed by atoms with van der Waals surface area (Å²) < 4.78 is 1.88.